The summed E-state index contributed by atoms with van der Waals surface area (Å²) in [4.78, 5) is 23.2. The van der Waals surface area contributed by atoms with E-state index in [2.05, 4.69) is 5.32 Å². The van der Waals surface area contributed by atoms with Gasteiger partial charge in [-0.05, 0) is 31.0 Å². The maximum absolute atomic E-state index is 13.4. The largest absolute Gasteiger partial charge is 0.452 e. The van der Waals surface area contributed by atoms with Crippen LogP contribution in [0.15, 0.2) is 18.2 Å². The Morgan fingerprint density at radius 3 is 3.00 bits per heavy atom. The molecule has 0 radical (unpaired) electrons. The summed E-state index contributed by atoms with van der Waals surface area (Å²) in [6.45, 7) is 0.600. The highest BCUT2D eigenvalue weighted by Crippen LogP contribution is 2.15. The average molecular weight is 316 g/mol. The van der Waals surface area contributed by atoms with Crippen molar-refractivity contribution in [3.8, 4) is 0 Å². The smallest absolute Gasteiger partial charge is 0.341 e. The number of benzene rings is 1. The van der Waals surface area contributed by atoms with Gasteiger partial charge in [0.25, 0.3) is 5.91 Å². The molecule has 0 spiro atoms. The number of nitrogens with one attached hydrogen (secondary N) is 1. The maximum Gasteiger partial charge on any atom is 0.341 e. The molecule has 114 valence electrons. The fourth-order valence-electron chi connectivity index (χ4n) is 1.95. The fourth-order valence-corrected chi connectivity index (χ4v) is 2.12. The van der Waals surface area contributed by atoms with Crippen LogP contribution in [0.2, 0.25) is 5.02 Å². The van der Waals surface area contributed by atoms with E-state index in [9.17, 15) is 14.0 Å². The van der Waals surface area contributed by atoms with Gasteiger partial charge < -0.3 is 14.8 Å². The Kier molecular flexibility index (Phi) is 5.52. The van der Waals surface area contributed by atoms with Crippen molar-refractivity contribution in [3.05, 3.63) is 34.6 Å². The molecule has 0 aliphatic carbocycles. The highest BCUT2D eigenvalue weighted by molar-refractivity contribution is 6.30. The summed E-state index contributed by atoms with van der Waals surface area (Å²) < 4.78 is 23.5. The van der Waals surface area contributed by atoms with Crippen LogP contribution in [0.1, 0.15) is 23.2 Å². The first kappa shape index (κ1) is 15.7. The zero-order valence-electron chi connectivity index (χ0n) is 11.2. The molecule has 21 heavy (non-hydrogen) atoms. The Morgan fingerprint density at radius 1 is 1.48 bits per heavy atom. The minimum absolute atomic E-state index is 0.00928. The summed E-state index contributed by atoms with van der Waals surface area (Å²) in [5.74, 6) is -2.13. The van der Waals surface area contributed by atoms with Gasteiger partial charge >= 0.3 is 5.97 Å². The lowest BCUT2D eigenvalue weighted by molar-refractivity contribution is -0.124. The summed E-state index contributed by atoms with van der Waals surface area (Å²) in [5.41, 5.74) is -0.297. The number of hydrogen-bond donors (Lipinski definition) is 1. The fraction of sp³-hybridized carbons (Fsp3) is 0.429. The third-order valence-electron chi connectivity index (χ3n) is 3.03. The van der Waals surface area contributed by atoms with Crippen molar-refractivity contribution in [2.75, 3.05) is 19.8 Å². The Labute approximate surface area is 126 Å². The van der Waals surface area contributed by atoms with Gasteiger partial charge in [0.05, 0.1) is 11.7 Å². The lowest BCUT2D eigenvalue weighted by Gasteiger charge is -2.11. The third kappa shape index (κ3) is 4.68. The third-order valence-corrected chi connectivity index (χ3v) is 3.27. The number of amides is 1. The summed E-state index contributed by atoms with van der Waals surface area (Å²) in [6.07, 6.45) is 1.88. The highest BCUT2D eigenvalue weighted by atomic mass is 35.5. The second-order valence-corrected chi connectivity index (χ2v) is 5.08. The van der Waals surface area contributed by atoms with E-state index in [1.54, 1.807) is 0 Å². The first-order chi connectivity index (χ1) is 10.1. The molecule has 0 saturated carbocycles. The minimum Gasteiger partial charge on any atom is -0.452 e. The quantitative estimate of drug-likeness (QED) is 0.843. The van der Waals surface area contributed by atoms with E-state index < -0.39 is 24.3 Å². The van der Waals surface area contributed by atoms with Crippen LogP contribution in [0.4, 0.5) is 4.39 Å². The van der Waals surface area contributed by atoms with Gasteiger partial charge in [-0.2, -0.15) is 0 Å². The van der Waals surface area contributed by atoms with E-state index in [0.717, 1.165) is 25.0 Å². The average Bonchev–Trinajstić information content (AvgIpc) is 2.98. The summed E-state index contributed by atoms with van der Waals surface area (Å²) in [7, 11) is 0. The van der Waals surface area contributed by atoms with Gasteiger partial charge in [0.15, 0.2) is 6.61 Å². The molecule has 1 N–H and O–H groups in total. The van der Waals surface area contributed by atoms with Crippen LogP contribution in [0, 0.1) is 5.82 Å². The van der Waals surface area contributed by atoms with Crippen LogP contribution >= 0.6 is 11.6 Å². The Bertz CT molecular complexity index is 532. The monoisotopic (exact) mass is 315 g/mol. The molecule has 1 aromatic carbocycles. The van der Waals surface area contributed by atoms with E-state index in [1.807, 2.05) is 0 Å². The van der Waals surface area contributed by atoms with Crippen molar-refractivity contribution < 1.29 is 23.5 Å². The van der Waals surface area contributed by atoms with E-state index in [0.29, 0.717) is 13.2 Å². The Morgan fingerprint density at radius 2 is 2.29 bits per heavy atom. The molecule has 2 rings (SSSR count). The number of carbonyl (C=O) groups is 2. The lowest BCUT2D eigenvalue weighted by atomic mass is 10.2. The second-order valence-electron chi connectivity index (χ2n) is 4.64. The molecule has 1 fully saturated rings. The van der Waals surface area contributed by atoms with Crippen LogP contribution in [-0.4, -0.2) is 37.7 Å². The summed E-state index contributed by atoms with van der Waals surface area (Å²) >= 11 is 5.68. The second kappa shape index (κ2) is 7.38. The minimum atomic E-state index is -0.928. The summed E-state index contributed by atoms with van der Waals surface area (Å²) in [6, 6.07) is 3.54. The molecular weight excluding hydrogens is 301 g/mol. The zero-order chi connectivity index (χ0) is 15.2. The molecule has 1 aliphatic heterocycles. The van der Waals surface area contributed by atoms with Crippen molar-refractivity contribution in [1.29, 1.82) is 0 Å². The predicted octanol–water partition coefficient (Wildman–Crippen LogP) is 1.93. The molecule has 1 aliphatic rings. The SMILES string of the molecule is O=C(COC(=O)c1cc(Cl)ccc1F)NC[C@@H]1CCCO1. The number of ether oxygens (including phenoxy) is 2. The molecule has 1 amide bonds. The van der Waals surface area contributed by atoms with Crippen molar-refractivity contribution >= 4 is 23.5 Å². The van der Waals surface area contributed by atoms with E-state index >= 15 is 0 Å². The van der Waals surface area contributed by atoms with Gasteiger partial charge in [0.2, 0.25) is 0 Å². The van der Waals surface area contributed by atoms with Gasteiger partial charge in [-0.15, -0.1) is 0 Å². The van der Waals surface area contributed by atoms with Crippen molar-refractivity contribution in [2.45, 2.75) is 18.9 Å². The van der Waals surface area contributed by atoms with E-state index in [1.165, 1.54) is 6.07 Å². The summed E-state index contributed by atoms with van der Waals surface area (Å²) in [5, 5.41) is 2.81. The topological polar surface area (TPSA) is 64.6 Å². The number of hydrogen-bond acceptors (Lipinski definition) is 4. The lowest BCUT2D eigenvalue weighted by Crippen LogP contribution is -2.34. The van der Waals surface area contributed by atoms with Gasteiger partial charge in [-0.3, -0.25) is 4.79 Å². The van der Waals surface area contributed by atoms with Crippen LogP contribution in [0.25, 0.3) is 0 Å². The molecule has 1 heterocycles. The van der Waals surface area contributed by atoms with Crippen LogP contribution in [-0.2, 0) is 14.3 Å². The molecule has 0 bridgehead atoms. The molecule has 5 nitrogen and oxygen atoms in total. The Balaban J connectivity index is 1.77. The molecule has 0 unspecified atom stereocenters. The van der Waals surface area contributed by atoms with Crippen LogP contribution in [0.5, 0.6) is 0 Å². The molecule has 1 aromatic rings. The first-order valence-electron chi connectivity index (χ1n) is 6.57. The molecule has 1 saturated heterocycles. The van der Waals surface area contributed by atoms with Gasteiger partial charge in [0.1, 0.15) is 5.82 Å². The van der Waals surface area contributed by atoms with Crippen molar-refractivity contribution in [3.63, 3.8) is 0 Å². The number of esters is 1. The van der Waals surface area contributed by atoms with Crippen molar-refractivity contribution in [2.24, 2.45) is 0 Å². The Hall–Kier alpha value is -1.66. The van der Waals surface area contributed by atoms with Crippen molar-refractivity contribution in [1.82, 2.24) is 5.32 Å². The van der Waals surface area contributed by atoms with Crippen LogP contribution < -0.4 is 5.32 Å². The highest BCUT2D eigenvalue weighted by Gasteiger charge is 2.18. The molecule has 7 heteroatoms. The first-order valence-corrected chi connectivity index (χ1v) is 6.94. The number of carbonyl (C=O) groups excluding carboxylic acids is 2. The molecular formula is C14H15ClFNO4. The van der Waals surface area contributed by atoms with Gasteiger partial charge in [-0.25, -0.2) is 9.18 Å². The van der Waals surface area contributed by atoms with E-state index in [-0.39, 0.29) is 16.7 Å². The van der Waals surface area contributed by atoms with Gasteiger partial charge in [0, 0.05) is 18.2 Å². The zero-order valence-corrected chi connectivity index (χ0v) is 12.0. The van der Waals surface area contributed by atoms with Crippen LogP contribution in [0.3, 0.4) is 0 Å². The molecule has 0 aromatic heterocycles. The number of rotatable bonds is 5. The standard InChI is InChI=1S/C14H15ClFNO4/c15-9-3-4-12(16)11(6-9)14(19)21-8-13(18)17-7-10-2-1-5-20-10/h3-4,6,10H,1-2,5,7-8H2,(H,17,18)/t10-/m0/s1. The molecule has 1 atom stereocenters. The predicted molar refractivity (Wildman–Crippen MR) is 73.7 cm³/mol. The maximum atomic E-state index is 13.4. The van der Waals surface area contributed by atoms with E-state index in [4.69, 9.17) is 21.1 Å². The number of halogens is 2. The normalized spacial score (nSPS) is 17.5. The van der Waals surface area contributed by atoms with Gasteiger partial charge in [-0.1, -0.05) is 11.6 Å².